The van der Waals surface area contributed by atoms with E-state index < -0.39 is 182 Å². The van der Waals surface area contributed by atoms with Gasteiger partial charge in [0.25, 0.3) is 0 Å². The van der Waals surface area contributed by atoms with E-state index >= 15 is 0 Å². The molecule has 42 atom stereocenters. The Labute approximate surface area is 645 Å². The van der Waals surface area contributed by atoms with Crippen LogP contribution in [-0.4, -0.2) is 270 Å². The number of hydrogen-bond acceptors (Lipinski definition) is 28. The summed E-state index contributed by atoms with van der Waals surface area (Å²) in [6.07, 6.45) is -3.02. The van der Waals surface area contributed by atoms with Gasteiger partial charge in [-0.05, 0) is 214 Å². The predicted octanol–water partition coefficient (Wildman–Crippen LogP) is 4.44. The molecule has 8 heterocycles. The van der Waals surface area contributed by atoms with Gasteiger partial charge in [-0.2, -0.15) is 0 Å². The average Bonchev–Trinajstić information content (AvgIpc) is 1.42. The minimum absolute atomic E-state index is 0.0452. The van der Waals surface area contributed by atoms with Gasteiger partial charge in [-0.15, -0.1) is 0 Å². The fraction of sp³-hybridized carbons (Fsp3) is 0.927. The van der Waals surface area contributed by atoms with Crippen LogP contribution in [0.25, 0.3) is 0 Å². The van der Waals surface area contributed by atoms with Crippen molar-refractivity contribution in [1.82, 2.24) is 0 Å². The van der Waals surface area contributed by atoms with Gasteiger partial charge in [-0.25, -0.2) is 9.59 Å². The fourth-order valence-corrected chi connectivity index (χ4v) is 25.5. The van der Waals surface area contributed by atoms with Crippen LogP contribution in [0.4, 0.5) is 0 Å². The van der Waals surface area contributed by atoms with E-state index in [1.54, 1.807) is 39.8 Å². The maximum Gasteiger partial charge on any atom is 0.331 e. The summed E-state index contributed by atoms with van der Waals surface area (Å²) in [5.74, 6) is 0.408. The first-order chi connectivity index (χ1) is 52.0. The standard InChI is InChI=1S/2C41H64O14/c2*1-19-36(47)28(42)15-34(50-19)54-38-21(3)52-35(17-30(38)44)55-37-20(2)51-33(16-29(37)43)53-24-8-10-39(4)23(13-24)6-7-26-27(39)14-31(45)40(5)25(9-11-41(26,40)48)22-12-32(46)49-18-22/h2*12,19-21,23-31,33-38,42-45,47-48H,6-11,13-18H2,1-5H3/t2*19-,20-,21-,23-,24+,25-,26-,27+,28+,29+,30+,31-,33+,34+,35+,36-,37-,38-,39+,40+,41+/m11/s1. The number of fused-ring (bicyclic) bond motifs is 10. The number of carbonyl (C=O) groups is 2. The summed E-state index contributed by atoms with van der Waals surface area (Å²) in [6, 6.07) is 0. The molecule has 0 radical (unpaired) electrons. The van der Waals surface area contributed by atoms with E-state index in [2.05, 4.69) is 13.8 Å². The van der Waals surface area contributed by atoms with Crippen molar-refractivity contribution in [2.75, 3.05) is 13.2 Å². The third-order valence-corrected chi connectivity index (χ3v) is 31.9. The van der Waals surface area contributed by atoms with Crippen LogP contribution in [0.2, 0.25) is 0 Å². The molecule has 28 heteroatoms. The molecule has 6 saturated heterocycles. The van der Waals surface area contributed by atoms with E-state index in [0.717, 1.165) is 88.2 Å². The van der Waals surface area contributed by atoms with Crippen molar-refractivity contribution >= 4 is 11.9 Å². The van der Waals surface area contributed by atoms with E-state index in [0.29, 0.717) is 37.5 Å². The zero-order chi connectivity index (χ0) is 78.4. The van der Waals surface area contributed by atoms with Gasteiger partial charge in [0.05, 0.1) is 109 Å². The topological polar surface area (TPSA) is 406 Å². The van der Waals surface area contributed by atoms with Crippen molar-refractivity contribution in [3.63, 3.8) is 0 Å². The maximum atomic E-state index is 12.6. The molecular formula is C82H128O28. The largest absolute Gasteiger partial charge is 0.458 e. The Balaban J connectivity index is 0.000000175. The molecule has 0 aromatic rings. The number of aliphatic hydroxyl groups excluding tert-OH is 10. The molecular weight excluding hydrogens is 1430 g/mol. The van der Waals surface area contributed by atoms with Crippen LogP contribution >= 0.6 is 0 Å². The second-order valence-corrected chi connectivity index (χ2v) is 37.6. The number of rotatable bonds is 14. The second kappa shape index (κ2) is 31.6. The highest BCUT2D eigenvalue weighted by molar-refractivity contribution is 5.86. The van der Waals surface area contributed by atoms with Gasteiger partial charge >= 0.3 is 11.9 Å². The molecule has 0 aromatic carbocycles. The minimum atomic E-state index is -1.01. The van der Waals surface area contributed by atoms with Crippen molar-refractivity contribution in [2.24, 2.45) is 69.0 Å². The smallest absolute Gasteiger partial charge is 0.331 e. The van der Waals surface area contributed by atoms with Gasteiger partial charge in [-0.3, -0.25) is 0 Å². The number of carbonyl (C=O) groups excluding carboxylic acids is 2. The lowest BCUT2D eigenvalue weighted by Crippen LogP contribution is -2.67. The number of aliphatic hydroxyl groups is 12. The van der Waals surface area contributed by atoms with Crippen LogP contribution < -0.4 is 0 Å². The molecule has 12 N–H and O–H groups in total. The maximum absolute atomic E-state index is 12.6. The molecule has 0 bridgehead atoms. The molecule has 110 heavy (non-hydrogen) atoms. The Morgan fingerprint density at radius 3 is 0.936 bits per heavy atom. The number of hydrogen-bond donors (Lipinski definition) is 12. The first-order valence-corrected chi connectivity index (χ1v) is 41.9. The highest BCUT2D eigenvalue weighted by atomic mass is 16.8. The van der Waals surface area contributed by atoms with Crippen molar-refractivity contribution in [1.29, 1.82) is 0 Å². The first-order valence-electron chi connectivity index (χ1n) is 41.9. The summed E-state index contributed by atoms with van der Waals surface area (Å²) >= 11 is 0. The van der Waals surface area contributed by atoms with Gasteiger partial charge in [-0.1, -0.05) is 27.7 Å². The Hall–Kier alpha value is -2.54. The predicted molar refractivity (Wildman–Crippen MR) is 385 cm³/mol. The molecule has 8 aliphatic heterocycles. The first kappa shape index (κ1) is 82.6. The average molecular weight is 1560 g/mol. The SMILES string of the molecule is C[C@H]1O[C@@H](O[C@H]2[C@@H](O)C[C@H](O[C@H]3[C@@H](O)C[C@H](O[C@H]4CC[C@@]5(C)[C@H](CC[C@@H]6[C@@H]5C[C@@H](O)[C@]5(C)[C@@H](C7=CC(=O)OC7)CC[C@]65O)C4)O[C@@H]3C)O[C@@H]2C)C[C@H](O)[C@@H]1O.C[C@H]1O[C@@H](O[C@H]2[C@@H](O)C[C@H](O[C@H]3[C@@H](O)C[C@H](O[C@H]4CC[C@@]5(C)[C@H](CC[C@@H]6[C@@H]5C[C@@H](O)[C@]5(C)[C@@H](C7=CC(=O)OC7)CC[C@]65O)C4)O[C@@H]3C)O[C@@H]2C)C[C@H](O)[C@@H]1O. The van der Waals surface area contributed by atoms with Crippen LogP contribution in [0.1, 0.15) is 210 Å². The molecule has 8 saturated carbocycles. The Morgan fingerprint density at radius 2 is 0.645 bits per heavy atom. The molecule has 28 nitrogen and oxygen atoms in total. The van der Waals surface area contributed by atoms with E-state index in [9.17, 15) is 70.9 Å². The van der Waals surface area contributed by atoms with Crippen molar-refractivity contribution in [3.05, 3.63) is 23.3 Å². The van der Waals surface area contributed by atoms with E-state index in [4.69, 9.17) is 66.3 Å². The molecule has 624 valence electrons. The van der Waals surface area contributed by atoms with Crippen LogP contribution in [-0.2, 0) is 75.9 Å². The molecule has 16 rings (SSSR count). The molecule has 8 aliphatic carbocycles. The Bertz CT molecular complexity index is 3030. The molecule has 0 unspecified atom stereocenters. The third-order valence-electron chi connectivity index (χ3n) is 31.9. The van der Waals surface area contributed by atoms with Gasteiger partial charge in [0.2, 0.25) is 0 Å². The van der Waals surface area contributed by atoms with Crippen LogP contribution in [0.5, 0.6) is 0 Å². The highest BCUT2D eigenvalue weighted by Crippen LogP contribution is 2.72. The number of esters is 2. The van der Waals surface area contributed by atoms with E-state index in [-0.39, 0.29) is 122 Å². The molecule has 16 aliphatic rings. The van der Waals surface area contributed by atoms with Crippen molar-refractivity contribution in [2.45, 2.75) is 394 Å². The number of ether oxygens (including phenoxy) is 14. The summed E-state index contributed by atoms with van der Waals surface area (Å²) in [5, 5.41) is 134. The number of cyclic esters (lactones) is 2. The third kappa shape index (κ3) is 14.7. The quantitative estimate of drug-likeness (QED) is 0.0845. The molecule has 0 spiro atoms. The summed E-state index contributed by atoms with van der Waals surface area (Å²) in [7, 11) is 0. The molecule has 14 fully saturated rings. The lowest BCUT2D eigenvalue weighted by atomic mass is 9.42. The summed E-state index contributed by atoms with van der Waals surface area (Å²) in [6.45, 7) is 19.8. The summed E-state index contributed by atoms with van der Waals surface area (Å²) < 4.78 is 84.2. The Morgan fingerprint density at radius 1 is 0.345 bits per heavy atom. The van der Waals surface area contributed by atoms with E-state index in [1.807, 2.05) is 27.7 Å². The minimum Gasteiger partial charge on any atom is -0.458 e. The zero-order valence-corrected chi connectivity index (χ0v) is 65.8. The second-order valence-electron chi connectivity index (χ2n) is 37.6. The van der Waals surface area contributed by atoms with Gasteiger partial charge < -0.3 is 128 Å². The molecule has 0 amide bonds. The zero-order valence-electron chi connectivity index (χ0n) is 65.8. The van der Waals surface area contributed by atoms with Crippen molar-refractivity contribution in [3.8, 4) is 0 Å². The lowest BCUT2D eigenvalue weighted by Gasteiger charge is -2.65. The fourth-order valence-electron chi connectivity index (χ4n) is 25.5. The lowest BCUT2D eigenvalue weighted by molar-refractivity contribution is -0.336. The van der Waals surface area contributed by atoms with E-state index in [1.165, 1.54) is 0 Å². The molecule has 0 aromatic heterocycles. The summed E-state index contributed by atoms with van der Waals surface area (Å²) in [4.78, 5) is 23.9. The Kier molecular flexibility index (Phi) is 23.7. The normalized spacial score (nSPS) is 55.5. The van der Waals surface area contributed by atoms with Gasteiger partial charge in [0.15, 0.2) is 37.7 Å². The van der Waals surface area contributed by atoms with Crippen LogP contribution in [0, 0.1) is 69.0 Å². The van der Waals surface area contributed by atoms with Gasteiger partial charge in [0.1, 0.15) is 49.8 Å². The van der Waals surface area contributed by atoms with Crippen LogP contribution in [0.15, 0.2) is 23.3 Å². The van der Waals surface area contributed by atoms with Gasteiger partial charge in [0, 0.05) is 61.5 Å². The highest BCUT2D eigenvalue weighted by Gasteiger charge is 2.73. The van der Waals surface area contributed by atoms with Crippen LogP contribution in [0.3, 0.4) is 0 Å². The van der Waals surface area contributed by atoms with Crippen molar-refractivity contribution < 1.29 is 137 Å². The monoisotopic (exact) mass is 1560 g/mol. The summed E-state index contributed by atoms with van der Waals surface area (Å²) in [5.41, 5.74) is -1.78.